The minimum absolute atomic E-state index is 0.0595. The van der Waals surface area contributed by atoms with Crippen molar-refractivity contribution < 1.29 is 4.92 Å². The Hall–Kier alpha value is -2.63. The molecule has 0 unspecified atom stereocenters. The summed E-state index contributed by atoms with van der Waals surface area (Å²) in [5, 5.41) is 10.8. The highest BCUT2D eigenvalue weighted by Crippen LogP contribution is 2.45. The number of hydrogen-bond donors (Lipinski definition) is 1. The highest BCUT2D eigenvalue weighted by molar-refractivity contribution is 5.82. The first-order valence-corrected chi connectivity index (χ1v) is 7.40. The molecule has 22 heavy (non-hydrogen) atoms. The molecular formula is C16H15N3O3. The Bertz CT molecular complexity index is 802. The number of anilines is 1. The monoisotopic (exact) mass is 297 g/mol. The molecule has 3 aliphatic rings. The van der Waals surface area contributed by atoms with Gasteiger partial charge in [0, 0.05) is 48.5 Å². The lowest BCUT2D eigenvalue weighted by atomic mass is 9.84. The highest BCUT2D eigenvalue weighted by atomic mass is 16.6. The lowest BCUT2D eigenvalue weighted by Gasteiger charge is -2.42. The van der Waals surface area contributed by atoms with Crippen molar-refractivity contribution in [2.24, 2.45) is 0 Å². The van der Waals surface area contributed by atoms with Crippen LogP contribution in [0.25, 0.3) is 11.1 Å². The van der Waals surface area contributed by atoms with Crippen molar-refractivity contribution in [3.8, 4) is 11.1 Å². The van der Waals surface area contributed by atoms with Gasteiger partial charge in [-0.3, -0.25) is 14.9 Å². The van der Waals surface area contributed by atoms with E-state index >= 15 is 0 Å². The van der Waals surface area contributed by atoms with Gasteiger partial charge in [0.2, 0.25) is 5.56 Å². The van der Waals surface area contributed by atoms with Crippen LogP contribution in [0.5, 0.6) is 0 Å². The number of rotatable bonds is 2. The number of non-ortho nitro benzene ring substituents is 1. The number of aromatic nitrogens is 1. The molecule has 2 bridgehead atoms. The number of nitro benzene ring substituents is 1. The molecule has 0 spiro atoms. The summed E-state index contributed by atoms with van der Waals surface area (Å²) in [5.41, 5.74) is 3.79. The first kappa shape index (κ1) is 13.1. The van der Waals surface area contributed by atoms with Crippen LogP contribution in [0.2, 0.25) is 0 Å². The average Bonchev–Trinajstić information content (AvgIpc) is 2.55. The Morgan fingerprint density at radius 1 is 1.18 bits per heavy atom. The normalized spacial score (nSPS) is 16.6. The third-order valence-corrected chi connectivity index (χ3v) is 4.65. The standard InChI is InChI=1S/C16H15N3O3/c20-14-9-13(10-1-3-12(4-2-10)19(21)22)16-15(17-14)11-5-7-18(16)8-6-11/h1-4,9,11H,5-8H2,(H,17,20). The van der Waals surface area contributed by atoms with E-state index in [2.05, 4.69) is 9.88 Å². The third-order valence-electron chi connectivity index (χ3n) is 4.65. The van der Waals surface area contributed by atoms with E-state index in [1.54, 1.807) is 18.2 Å². The Morgan fingerprint density at radius 2 is 1.86 bits per heavy atom. The van der Waals surface area contributed by atoms with Crippen LogP contribution >= 0.6 is 0 Å². The van der Waals surface area contributed by atoms with Gasteiger partial charge in [0.1, 0.15) is 0 Å². The molecule has 0 atom stereocenters. The predicted octanol–water partition coefficient (Wildman–Crippen LogP) is 2.65. The van der Waals surface area contributed by atoms with Crippen LogP contribution in [-0.4, -0.2) is 23.0 Å². The van der Waals surface area contributed by atoms with Crippen molar-refractivity contribution in [3.05, 3.63) is 56.5 Å². The quantitative estimate of drug-likeness (QED) is 0.682. The van der Waals surface area contributed by atoms with E-state index in [9.17, 15) is 14.9 Å². The zero-order valence-electron chi connectivity index (χ0n) is 11.9. The molecule has 1 saturated heterocycles. The van der Waals surface area contributed by atoms with Gasteiger partial charge in [-0.1, -0.05) is 0 Å². The zero-order valence-corrected chi connectivity index (χ0v) is 11.9. The Balaban J connectivity index is 1.89. The number of nitro groups is 1. The molecule has 1 aromatic carbocycles. The van der Waals surface area contributed by atoms with Gasteiger partial charge in [0.05, 0.1) is 10.6 Å². The van der Waals surface area contributed by atoms with Gasteiger partial charge in [-0.15, -0.1) is 0 Å². The minimum atomic E-state index is -0.414. The van der Waals surface area contributed by atoms with Crippen molar-refractivity contribution in [3.63, 3.8) is 0 Å². The number of hydrogen-bond acceptors (Lipinski definition) is 4. The van der Waals surface area contributed by atoms with E-state index in [0.717, 1.165) is 48.4 Å². The average molecular weight is 297 g/mol. The SMILES string of the molecule is O=c1cc(-c2ccc([N+](=O)[O-])cc2)c2c([nH]1)C1CCN2CC1. The van der Waals surface area contributed by atoms with Crippen LogP contribution in [-0.2, 0) is 0 Å². The number of H-pyrrole nitrogens is 1. The van der Waals surface area contributed by atoms with Gasteiger partial charge in [-0.25, -0.2) is 0 Å². The van der Waals surface area contributed by atoms with E-state index < -0.39 is 4.92 Å². The van der Waals surface area contributed by atoms with Crippen LogP contribution in [0.3, 0.4) is 0 Å². The summed E-state index contributed by atoms with van der Waals surface area (Å²) in [6, 6.07) is 8.01. The van der Waals surface area contributed by atoms with Crippen molar-refractivity contribution in [1.82, 2.24) is 4.98 Å². The fourth-order valence-electron chi connectivity index (χ4n) is 3.58. The molecule has 2 aromatic rings. The van der Waals surface area contributed by atoms with Crippen LogP contribution in [0, 0.1) is 10.1 Å². The van der Waals surface area contributed by atoms with Crippen molar-refractivity contribution in [2.75, 3.05) is 18.0 Å². The maximum atomic E-state index is 12.0. The number of aromatic amines is 1. The van der Waals surface area contributed by atoms with E-state index in [1.165, 1.54) is 12.1 Å². The summed E-state index contributed by atoms with van der Waals surface area (Å²) in [6.45, 7) is 2.01. The summed E-state index contributed by atoms with van der Waals surface area (Å²) in [7, 11) is 0. The molecular weight excluding hydrogens is 282 g/mol. The maximum Gasteiger partial charge on any atom is 0.269 e. The Labute approximate surface area is 126 Å². The van der Waals surface area contributed by atoms with E-state index in [-0.39, 0.29) is 11.2 Å². The fourth-order valence-corrected chi connectivity index (χ4v) is 3.58. The lowest BCUT2D eigenvalue weighted by Crippen LogP contribution is -2.40. The topological polar surface area (TPSA) is 79.2 Å². The van der Waals surface area contributed by atoms with Gasteiger partial charge in [0.15, 0.2) is 0 Å². The van der Waals surface area contributed by atoms with Crippen molar-refractivity contribution in [2.45, 2.75) is 18.8 Å². The fraction of sp³-hybridized carbons (Fsp3) is 0.312. The summed E-state index contributed by atoms with van der Waals surface area (Å²) in [5.74, 6) is 0.422. The number of piperidine rings is 1. The zero-order chi connectivity index (χ0) is 15.3. The molecule has 0 saturated carbocycles. The van der Waals surface area contributed by atoms with E-state index in [1.807, 2.05) is 0 Å². The first-order chi connectivity index (χ1) is 10.6. The van der Waals surface area contributed by atoms with Crippen molar-refractivity contribution in [1.29, 1.82) is 0 Å². The number of pyridine rings is 1. The first-order valence-electron chi connectivity index (χ1n) is 7.40. The molecule has 112 valence electrons. The smallest absolute Gasteiger partial charge is 0.269 e. The van der Waals surface area contributed by atoms with Crippen molar-refractivity contribution >= 4 is 11.4 Å². The molecule has 0 aliphatic carbocycles. The largest absolute Gasteiger partial charge is 0.370 e. The molecule has 4 heterocycles. The van der Waals surface area contributed by atoms with E-state index in [0.29, 0.717) is 5.92 Å². The van der Waals surface area contributed by atoms with Crippen LogP contribution in [0.4, 0.5) is 11.4 Å². The number of nitrogens with one attached hydrogen (secondary N) is 1. The molecule has 0 amide bonds. The molecule has 3 aliphatic heterocycles. The van der Waals surface area contributed by atoms with Crippen LogP contribution in [0.1, 0.15) is 24.5 Å². The third kappa shape index (κ3) is 1.91. The molecule has 6 nitrogen and oxygen atoms in total. The Morgan fingerprint density at radius 3 is 2.50 bits per heavy atom. The summed E-state index contributed by atoms with van der Waals surface area (Å²) < 4.78 is 0. The molecule has 1 aromatic heterocycles. The second-order valence-corrected chi connectivity index (χ2v) is 5.87. The van der Waals surface area contributed by atoms with Gasteiger partial charge in [-0.05, 0) is 30.5 Å². The highest BCUT2D eigenvalue weighted by Gasteiger charge is 2.33. The summed E-state index contributed by atoms with van der Waals surface area (Å²) in [4.78, 5) is 27.7. The molecule has 1 fully saturated rings. The number of nitrogens with zero attached hydrogens (tertiary/aromatic N) is 2. The predicted molar refractivity (Wildman–Crippen MR) is 83.3 cm³/mol. The summed E-state index contributed by atoms with van der Waals surface area (Å²) >= 11 is 0. The van der Waals surface area contributed by atoms with Gasteiger partial charge >= 0.3 is 0 Å². The second kappa shape index (κ2) is 4.69. The van der Waals surface area contributed by atoms with Gasteiger partial charge in [0.25, 0.3) is 5.69 Å². The van der Waals surface area contributed by atoms with E-state index in [4.69, 9.17) is 0 Å². The molecule has 0 radical (unpaired) electrons. The molecule has 1 N–H and O–H groups in total. The van der Waals surface area contributed by atoms with Crippen LogP contribution < -0.4 is 10.5 Å². The van der Waals surface area contributed by atoms with Gasteiger partial charge < -0.3 is 9.88 Å². The lowest BCUT2D eigenvalue weighted by molar-refractivity contribution is -0.384. The van der Waals surface area contributed by atoms with Crippen LogP contribution in [0.15, 0.2) is 35.1 Å². The number of benzene rings is 1. The number of fused-ring (bicyclic) bond motifs is 2. The molecule has 6 heteroatoms. The minimum Gasteiger partial charge on any atom is -0.370 e. The summed E-state index contributed by atoms with van der Waals surface area (Å²) in [6.07, 6.45) is 2.15. The molecule has 5 rings (SSSR count). The second-order valence-electron chi connectivity index (χ2n) is 5.87. The Kier molecular flexibility index (Phi) is 2.79. The maximum absolute atomic E-state index is 12.0. The van der Waals surface area contributed by atoms with Gasteiger partial charge in [-0.2, -0.15) is 0 Å².